The number of carbonyl (C=O) groups excluding carboxylic acids is 3. The minimum atomic E-state index is -0.960. The molecule has 166 valence electrons. The van der Waals surface area contributed by atoms with E-state index in [2.05, 4.69) is 4.98 Å². The molecule has 1 fully saturated rings. The minimum absolute atomic E-state index is 0.0928. The second-order valence-corrected chi connectivity index (χ2v) is 7.20. The number of hydrogen-bond donors (Lipinski definition) is 1. The summed E-state index contributed by atoms with van der Waals surface area (Å²) in [5.41, 5.74) is 1.05. The van der Waals surface area contributed by atoms with Crippen LogP contribution in [0.4, 0.5) is 5.82 Å². The third-order valence-electron chi connectivity index (χ3n) is 5.33. The lowest BCUT2D eigenvalue weighted by Gasteiger charge is -2.24. The zero-order chi connectivity index (χ0) is 23.5. The van der Waals surface area contributed by atoms with Crippen molar-refractivity contribution in [3.05, 3.63) is 95.2 Å². The molecule has 0 saturated carbocycles. The first-order chi connectivity index (χ1) is 16.0. The van der Waals surface area contributed by atoms with Crippen molar-refractivity contribution in [1.82, 2.24) is 4.98 Å². The van der Waals surface area contributed by atoms with Gasteiger partial charge in [0.05, 0.1) is 31.4 Å². The van der Waals surface area contributed by atoms with Crippen LogP contribution in [0.15, 0.2) is 78.5 Å². The smallest absolute Gasteiger partial charge is 0.337 e. The van der Waals surface area contributed by atoms with Crippen LogP contribution in [0.2, 0.25) is 0 Å². The van der Waals surface area contributed by atoms with Crippen LogP contribution >= 0.6 is 0 Å². The molecule has 1 aromatic heterocycles. The molecular formula is C25H20N2O6. The first kappa shape index (κ1) is 21.8. The van der Waals surface area contributed by atoms with E-state index in [9.17, 15) is 19.5 Å². The highest BCUT2D eigenvalue weighted by Crippen LogP contribution is 2.41. The third-order valence-corrected chi connectivity index (χ3v) is 5.33. The van der Waals surface area contributed by atoms with Crippen LogP contribution in [0.5, 0.6) is 5.75 Å². The Hall–Kier alpha value is -4.46. The fraction of sp³-hybridized carbons (Fsp3) is 0.120. The van der Waals surface area contributed by atoms with E-state index in [1.54, 1.807) is 54.6 Å². The number of amides is 1. The number of aromatic nitrogens is 1. The van der Waals surface area contributed by atoms with E-state index in [0.717, 1.165) is 0 Å². The van der Waals surface area contributed by atoms with E-state index >= 15 is 0 Å². The number of Topliss-reactive ketones (excluding diaryl/α,β-unsaturated/α-hetero) is 1. The molecule has 8 nitrogen and oxygen atoms in total. The van der Waals surface area contributed by atoms with Crippen molar-refractivity contribution in [2.24, 2.45) is 0 Å². The van der Waals surface area contributed by atoms with Crippen molar-refractivity contribution in [3.63, 3.8) is 0 Å². The molecule has 1 amide bonds. The van der Waals surface area contributed by atoms with Gasteiger partial charge >= 0.3 is 11.9 Å². The number of pyridine rings is 1. The standard InChI is InChI=1S/C25H20N2O6/c1-32-18-7-5-6-17(14-18)22(28)20-21(15-9-11-16(12-10-15)25(31)33-2)27(24(30)23(20)29)19-8-3-4-13-26-19/h3-14,21,28H,1-2H3/b22-20+/t21-/m1/s1. The summed E-state index contributed by atoms with van der Waals surface area (Å²) in [6.07, 6.45) is 1.51. The Morgan fingerprint density at radius 1 is 0.970 bits per heavy atom. The van der Waals surface area contributed by atoms with Gasteiger partial charge in [0.1, 0.15) is 17.3 Å². The molecule has 0 unspecified atom stereocenters. The maximum absolute atomic E-state index is 13.1. The van der Waals surface area contributed by atoms with Gasteiger partial charge in [0.15, 0.2) is 0 Å². The number of hydrogen-bond acceptors (Lipinski definition) is 7. The van der Waals surface area contributed by atoms with E-state index in [-0.39, 0.29) is 17.2 Å². The highest BCUT2D eigenvalue weighted by Gasteiger charge is 2.47. The van der Waals surface area contributed by atoms with E-state index < -0.39 is 23.7 Å². The number of aliphatic hydroxyl groups is 1. The summed E-state index contributed by atoms with van der Waals surface area (Å²) >= 11 is 0. The van der Waals surface area contributed by atoms with Crippen LogP contribution in [-0.4, -0.2) is 42.0 Å². The topological polar surface area (TPSA) is 106 Å². The van der Waals surface area contributed by atoms with Gasteiger partial charge in [-0.25, -0.2) is 9.78 Å². The summed E-state index contributed by atoms with van der Waals surface area (Å²) in [5.74, 6) is -1.78. The number of rotatable bonds is 5. The average Bonchev–Trinajstić information content (AvgIpc) is 3.14. The third kappa shape index (κ3) is 3.94. The molecule has 4 rings (SSSR count). The van der Waals surface area contributed by atoms with Gasteiger partial charge in [0, 0.05) is 11.8 Å². The first-order valence-electron chi connectivity index (χ1n) is 10.0. The van der Waals surface area contributed by atoms with Crippen LogP contribution in [0.25, 0.3) is 5.76 Å². The summed E-state index contributed by atoms with van der Waals surface area (Å²) in [7, 11) is 2.77. The highest BCUT2D eigenvalue weighted by molar-refractivity contribution is 6.51. The number of methoxy groups -OCH3 is 2. The number of aliphatic hydroxyl groups excluding tert-OH is 1. The number of anilines is 1. The average molecular weight is 444 g/mol. The van der Waals surface area contributed by atoms with Crippen molar-refractivity contribution in [3.8, 4) is 5.75 Å². The number of nitrogens with zero attached hydrogens (tertiary/aromatic N) is 2. The van der Waals surface area contributed by atoms with Crippen molar-refractivity contribution in [2.75, 3.05) is 19.1 Å². The highest BCUT2D eigenvalue weighted by atomic mass is 16.5. The number of carbonyl (C=O) groups is 3. The van der Waals surface area contributed by atoms with Crippen LogP contribution in [0, 0.1) is 0 Å². The van der Waals surface area contributed by atoms with Crippen molar-refractivity contribution in [1.29, 1.82) is 0 Å². The van der Waals surface area contributed by atoms with E-state index in [4.69, 9.17) is 9.47 Å². The first-order valence-corrected chi connectivity index (χ1v) is 10.0. The quantitative estimate of drug-likeness (QED) is 0.278. The van der Waals surface area contributed by atoms with Gasteiger partial charge in [-0.1, -0.05) is 30.3 Å². The largest absolute Gasteiger partial charge is 0.507 e. The van der Waals surface area contributed by atoms with Gasteiger partial charge in [-0.2, -0.15) is 0 Å². The number of esters is 1. The molecular weight excluding hydrogens is 424 g/mol. The van der Waals surface area contributed by atoms with Gasteiger partial charge in [0.25, 0.3) is 5.78 Å². The Balaban J connectivity index is 1.91. The Morgan fingerprint density at radius 2 is 1.73 bits per heavy atom. The second-order valence-electron chi connectivity index (χ2n) is 7.20. The van der Waals surface area contributed by atoms with E-state index in [0.29, 0.717) is 22.4 Å². The molecule has 1 N–H and O–H groups in total. The summed E-state index contributed by atoms with van der Waals surface area (Å²) < 4.78 is 9.95. The molecule has 3 aromatic rings. The molecule has 2 aromatic carbocycles. The Bertz CT molecular complexity index is 1250. The Labute approximate surface area is 189 Å². The molecule has 1 atom stereocenters. The fourth-order valence-corrected chi connectivity index (χ4v) is 3.73. The summed E-state index contributed by atoms with van der Waals surface area (Å²) in [6, 6.07) is 16.9. The van der Waals surface area contributed by atoms with Gasteiger partial charge in [-0.3, -0.25) is 14.5 Å². The maximum atomic E-state index is 13.1. The lowest BCUT2D eigenvalue weighted by molar-refractivity contribution is -0.132. The van der Waals surface area contributed by atoms with Crippen LogP contribution in [0.3, 0.4) is 0 Å². The predicted octanol–water partition coefficient (Wildman–Crippen LogP) is 3.50. The van der Waals surface area contributed by atoms with Crippen LogP contribution in [-0.2, 0) is 14.3 Å². The lowest BCUT2D eigenvalue weighted by atomic mass is 9.94. The van der Waals surface area contributed by atoms with Gasteiger partial charge in [0.2, 0.25) is 0 Å². The zero-order valence-electron chi connectivity index (χ0n) is 17.9. The predicted molar refractivity (Wildman–Crippen MR) is 120 cm³/mol. The SMILES string of the molecule is COC(=O)c1ccc([C@@H]2/C(=C(\O)c3cccc(OC)c3)C(=O)C(=O)N2c2ccccn2)cc1. The zero-order valence-corrected chi connectivity index (χ0v) is 17.9. The fourth-order valence-electron chi connectivity index (χ4n) is 3.73. The van der Waals surface area contributed by atoms with E-state index in [1.807, 2.05) is 0 Å². The van der Waals surface area contributed by atoms with Crippen molar-refractivity contribution in [2.45, 2.75) is 6.04 Å². The maximum Gasteiger partial charge on any atom is 0.337 e. The number of ether oxygens (including phenoxy) is 2. The molecule has 33 heavy (non-hydrogen) atoms. The van der Waals surface area contributed by atoms with E-state index in [1.165, 1.54) is 37.4 Å². The summed E-state index contributed by atoms with van der Waals surface area (Å²) in [5, 5.41) is 11.1. The van der Waals surface area contributed by atoms with Gasteiger partial charge < -0.3 is 14.6 Å². The normalized spacial score (nSPS) is 17.2. The van der Waals surface area contributed by atoms with Gasteiger partial charge in [-0.05, 0) is 42.0 Å². The molecule has 2 heterocycles. The molecule has 1 aliphatic heterocycles. The van der Waals surface area contributed by atoms with Crippen molar-refractivity contribution < 1.29 is 29.0 Å². The molecule has 1 saturated heterocycles. The summed E-state index contributed by atoms with van der Waals surface area (Å²) in [4.78, 5) is 43.5. The lowest BCUT2D eigenvalue weighted by Crippen LogP contribution is -2.30. The molecule has 1 aliphatic rings. The second kappa shape index (κ2) is 8.96. The van der Waals surface area contributed by atoms with Crippen LogP contribution < -0.4 is 9.64 Å². The number of ketones is 1. The number of benzene rings is 2. The summed E-state index contributed by atoms with van der Waals surface area (Å²) in [6.45, 7) is 0. The molecule has 0 radical (unpaired) electrons. The minimum Gasteiger partial charge on any atom is -0.507 e. The molecule has 8 heteroatoms. The van der Waals surface area contributed by atoms with Crippen molar-refractivity contribution >= 4 is 29.2 Å². The molecule has 0 spiro atoms. The van der Waals surface area contributed by atoms with Gasteiger partial charge in [-0.15, -0.1) is 0 Å². The molecule has 0 aliphatic carbocycles. The monoisotopic (exact) mass is 444 g/mol. The Kier molecular flexibility index (Phi) is 5.91. The molecule has 0 bridgehead atoms. The Morgan fingerprint density at radius 3 is 2.36 bits per heavy atom. The van der Waals surface area contributed by atoms with Crippen LogP contribution in [0.1, 0.15) is 27.5 Å².